The van der Waals surface area contributed by atoms with Crippen molar-refractivity contribution in [2.45, 2.75) is 19.3 Å². The van der Waals surface area contributed by atoms with Crippen molar-refractivity contribution in [1.82, 2.24) is 9.97 Å². The van der Waals surface area contributed by atoms with Crippen molar-refractivity contribution in [2.24, 2.45) is 0 Å². The molecule has 76 valence electrons. The Morgan fingerprint density at radius 2 is 2.43 bits per heavy atom. The van der Waals surface area contributed by atoms with Crippen LogP contribution < -0.4 is 11.4 Å². The molecule has 6 nitrogen and oxygen atoms in total. The molecule has 1 aromatic rings. The summed E-state index contributed by atoms with van der Waals surface area (Å²) in [5, 5.41) is 8.54. The number of carbonyl (C=O) groups is 1. The average Bonchev–Trinajstić information content (AvgIpc) is 2.00. The molecule has 0 amide bonds. The van der Waals surface area contributed by atoms with Crippen LogP contribution in [0.5, 0.6) is 0 Å². The predicted molar refractivity (Wildman–Crippen MR) is 49.9 cm³/mol. The van der Waals surface area contributed by atoms with Gasteiger partial charge < -0.3 is 15.8 Å². The second-order valence-corrected chi connectivity index (χ2v) is 3.07. The smallest absolute Gasteiger partial charge is 0.347 e. The molecule has 0 saturated heterocycles. The molecule has 0 aliphatic rings. The molecule has 1 aromatic heterocycles. The maximum Gasteiger partial charge on any atom is 0.347 e. The van der Waals surface area contributed by atoms with Gasteiger partial charge in [0.15, 0.2) is 0 Å². The Kier molecular flexibility index (Phi) is 2.85. The van der Waals surface area contributed by atoms with E-state index < -0.39 is 11.7 Å². The summed E-state index contributed by atoms with van der Waals surface area (Å²) in [6.45, 7) is 1.69. The predicted octanol–water partition coefficient (Wildman–Crippen LogP) is -0.0697. The van der Waals surface area contributed by atoms with E-state index in [-0.39, 0.29) is 18.2 Å². The molecule has 1 unspecified atom stereocenters. The molecule has 0 fully saturated rings. The van der Waals surface area contributed by atoms with Crippen LogP contribution in [-0.2, 0) is 4.79 Å². The van der Waals surface area contributed by atoms with E-state index >= 15 is 0 Å². The first-order valence-corrected chi connectivity index (χ1v) is 4.07. The van der Waals surface area contributed by atoms with Crippen LogP contribution in [0.15, 0.2) is 10.9 Å². The number of anilines is 1. The number of aromatic nitrogens is 2. The molecule has 0 aromatic carbocycles. The van der Waals surface area contributed by atoms with Crippen LogP contribution in [0.2, 0.25) is 0 Å². The highest BCUT2D eigenvalue weighted by Gasteiger charge is 2.11. The van der Waals surface area contributed by atoms with E-state index in [0.29, 0.717) is 5.69 Å². The number of nitrogens with two attached hydrogens (primary N) is 1. The molecule has 0 spiro atoms. The number of nitrogen functional groups attached to an aromatic ring is 1. The van der Waals surface area contributed by atoms with Gasteiger partial charge in [0.05, 0.1) is 6.42 Å². The zero-order valence-corrected chi connectivity index (χ0v) is 7.65. The lowest BCUT2D eigenvalue weighted by Gasteiger charge is -2.08. The second kappa shape index (κ2) is 3.91. The van der Waals surface area contributed by atoms with Crippen LogP contribution >= 0.6 is 0 Å². The van der Waals surface area contributed by atoms with E-state index in [0.717, 1.165) is 0 Å². The van der Waals surface area contributed by atoms with Crippen LogP contribution in [0.1, 0.15) is 25.0 Å². The van der Waals surface area contributed by atoms with Gasteiger partial charge in [0.25, 0.3) is 0 Å². The van der Waals surface area contributed by atoms with Gasteiger partial charge in [-0.15, -0.1) is 0 Å². The SMILES string of the molecule is CC(CC(=O)O)c1cc(N)nc(=O)[nH]1. The van der Waals surface area contributed by atoms with Gasteiger partial charge in [0, 0.05) is 17.7 Å². The Balaban J connectivity index is 2.95. The zero-order chi connectivity index (χ0) is 10.7. The first kappa shape index (κ1) is 10.2. The third-order valence-electron chi connectivity index (χ3n) is 1.80. The van der Waals surface area contributed by atoms with Crippen molar-refractivity contribution < 1.29 is 9.90 Å². The van der Waals surface area contributed by atoms with Gasteiger partial charge in [0.2, 0.25) is 0 Å². The first-order chi connectivity index (χ1) is 6.49. The van der Waals surface area contributed by atoms with Gasteiger partial charge in [-0.1, -0.05) is 6.92 Å². The quantitative estimate of drug-likeness (QED) is 0.628. The van der Waals surface area contributed by atoms with E-state index in [1.54, 1.807) is 6.92 Å². The second-order valence-electron chi connectivity index (χ2n) is 3.07. The van der Waals surface area contributed by atoms with Crippen LogP contribution in [-0.4, -0.2) is 21.0 Å². The normalized spacial score (nSPS) is 12.4. The summed E-state index contributed by atoms with van der Waals surface area (Å²) >= 11 is 0. The fraction of sp³-hybridized carbons (Fsp3) is 0.375. The summed E-state index contributed by atoms with van der Waals surface area (Å²) in [4.78, 5) is 27.2. The summed E-state index contributed by atoms with van der Waals surface area (Å²) in [5.74, 6) is -1.11. The van der Waals surface area contributed by atoms with Crippen molar-refractivity contribution in [1.29, 1.82) is 0 Å². The number of rotatable bonds is 3. The summed E-state index contributed by atoms with van der Waals surface area (Å²) in [6, 6.07) is 1.47. The fourth-order valence-electron chi connectivity index (χ4n) is 1.13. The number of nitrogens with one attached hydrogen (secondary N) is 1. The fourth-order valence-corrected chi connectivity index (χ4v) is 1.13. The molecule has 1 rings (SSSR count). The Hall–Kier alpha value is -1.85. The van der Waals surface area contributed by atoms with E-state index in [9.17, 15) is 9.59 Å². The van der Waals surface area contributed by atoms with E-state index in [2.05, 4.69) is 9.97 Å². The highest BCUT2D eigenvalue weighted by molar-refractivity contribution is 5.67. The van der Waals surface area contributed by atoms with Crippen molar-refractivity contribution in [3.8, 4) is 0 Å². The number of H-pyrrole nitrogens is 1. The molecular weight excluding hydrogens is 186 g/mol. The number of nitrogens with zero attached hydrogens (tertiary/aromatic N) is 1. The standard InChI is InChI=1S/C8H11N3O3/c1-4(2-7(12)13)5-3-6(9)11-8(14)10-5/h3-4H,2H2,1H3,(H,12,13)(H3,9,10,11,14). The Bertz CT molecular complexity index is 399. The van der Waals surface area contributed by atoms with Crippen molar-refractivity contribution in [3.63, 3.8) is 0 Å². The molecule has 0 radical (unpaired) electrons. The molecule has 0 aliphatic heterocycles. The minimum atomic E-state index is -0.922. The molecule has 6 heteroatoms. The Morgan fingerprint density at radius 1 is 1.79 bits per heavy atom. The average molecular weight is 197 g/mol. The lowest BCUT2D eigenvalue weighted by Crippen LogP contribution is -2.17. The van der Waals surface area contributed by atoms with Crippen LogP contribution in [0.25, 0.3) is 0 Å². The zero-order valence-electron chi connectivity index (χ0n) is 7.65. The number of aromatic amines is 1. The van der Waals surface area contributed by atoms with Gasteiger partial charge in [-0.05, 0) is 0 Å². The maximum absolute atomic E-state index is 10.9. The van der Waals surface area contributed by atoms with Crippen molar-refractivity contribution >= 4 is 11.8 Å². The minimum Gasteiger partial charge on any atom is -0.481 e. The third-order valence-corrected chi connectivity index (χ3v) is 1.80. The molecule has 4 N–H and O–H groups in total. The molecule has 0 bridgehead atoms. The minimum absolute atomic E-state index is 0.0562. The summed E-state index contributed by atoms with van der Waals surface area (Å²) in [6.07, 6.45) is -0.0562. The molecule has 14 heavy (non-hydrogen) atoms. The molecular formula is C8H11N3O3. The number of hydrogen-bond donors (Lipinski definition) is 3. The van der Waals surface area contributed by atoms with E-state index in [1.165, 1.54) is 6.07 Å². The lowest BCUT2D eigenvalue weighted by atomic mass is 10.0. The molecule has 0 saturated carbocycles. The van der Waals surface area contributed by atoms with Crippen molar-refractivity contribution in [2.75, 3.05) is 5.73 Å². The number of hydrogen-bond acceptors (Lipinski definition) is 4. The summed E-state index contributed by atoms with van der Waals surface area (Å²) in [7, 11) is 0. The monoisotopic (exact) mass is 197 g/mol. The van der Waals surface area contributed by atoms with Gasteiger partial charge in [-0.2, -0.15) is 4.98 Å². The number of carboxylic acids is 1. The van der Waals surface area contributed by atoms with E-state index in [1.807, 2.05) is 0 Å². The van der Waals surface area contributed by atoms with Gasteiger partial charge in [-0.25, -0.2) is 4.79 Å². The summed E-state index contributed by atoms with van der Waals surface area (Å²) < 4.78 is 0. The molecule has 0 aliphatic carbocycles. The topological polar surface area (TPSA) is 109 Å². The Morgan fingerprint density at radius 3 is 2.93 bits per heavy atom. The van der Waals surface area contributed by atoms with Crippen molar-refractivity contribution in [3.05, 3.63) is 22.2 Å². The number of carboxylic acid groups (broad SMARTS) is 1. The lowest BCUT2D eigenvalue weighted by molar-refractivity contribution is -0.137. The molecule has 1 heterocycles. The number of aliphatic carboxylic acids is 1. The summed E-state index contributed by atoms with van der Waals surface area (Å²) in [5.41, 5.74) is 5.28. The van der Waals surface area contributed by atoms with Crippen LogP contribution in [0.3, 0.4) is 0 Å². The molecule has 1 atom stereocenters. The largest absolute Gasteiger partial charge is 0.481 e. The highest BCUT2D eigenvalue weighted by Crippen LogP contribution is 2.15. The third kappa shape index (κ3) is 2.58. The Labute approximate surface area is 79.8 Å². The highest BCUT2D eigenvalue weighted by atomic mass is 16.4. The van der Waals surface area contributed by atoms with E-state index in [4.69, 9.17) is 10.8 Å². The van der Waals surface area contributed by atoms with Crippen LogP contribution in [0, 0.1) is 0 Å². The first-order valence-electron chi connectivity index (χ1n) is 4.07. The van der Waals surface area contributed by atoms with Gasteiger partial charge in [-0.3, -0.25) is 4.79 Å². The maximum atomic E-state index is 10.9. The van der Waals surface area contributed by atoms with Gasteiger partial charge in [0.1, 0.15) is 5.82 Å². The van der Waals surface area contributed by atoms with Crippen LogP contribution in [0.4, 0.5) is 5.82 Å². The van der Waals surface area contributed by atoms with Gasteiger partial charge >= 0.3 is 11.7 Å².